The van der Waals surface area contributed by atoms with Gasteiger partial charge in [0.2, 0.25) is 10.0 Å². The Bertz CT molecular complexity index is 695. The second kappa shape index (κ2) is 4.86. The zero-order valence-corrected chi connectivity index (χ0v) is 10.9. The van der Waals surface area contributed by atoms with Gasteiger partial charge in [-0.2, -0.15) is 5.10 Å². The third kappa shape index (κ3) is 3.01. The predicted octanol–water partition coefficient (Wildman–Crippen LogP) is -0.419. The molecular weight excluding hydrogens is 270 g/mol. The summed E-state index contributed by atoms with van der Waals surface area (Å²) in [6.07, 6.45) is 1.47. The van der Waals surface area contributed by atoms with Crippen LogP contribution in [0.2, 0.25) is 0 Å². The second-order valence-electron chi connectivity index (χ2n) is 3.88. The van der Waals surface area contributed by atoms with E-state index in [1.807, 2.05) is 0 Å². The minimum absolute atomic E-state index is 0.00108. The predicted molar refractivity (Wildman–Crippen MR) is 67.5 cm³/mol. The molecule has 9 heteroatoms. The van der Waals surface area contributed by atoms with Crippen LogP contribution in [-0.2, 0) is 23.6 Å². The van der Waals surface area contributed by atoms with Gasteiger partial charge in [-0.3, -0.25) is 4.68 Å². The number of nitrogens with zero attached hydrogens (tertiary/aromatic N) is 3. The van der Waals surface area contributed by atoms with E-state index < -0.39 is 10.0 Å². The molecule has 2 aromatic rings. The van der Waals surface area contributed by atoms with E-state index >= 15 is 0 Å². The molecule has 0 spiro atoms. The normalized spacial score (nSPS) is 11.6. The Kier molecular flexibility index (Phi) is 3.40. The van der Waals surface area contributed by atoms with E-state index in [2.05, 4.69) is 14.8 Å². The average Bonchev–Trinajstić information content (AvgIpc) is 2.76. The summed E-state index contributed by atoms with van der Waals surface area (Å²) in [6.45, 7) is -0.0239. The van der Waals surface area contributed by atoms with Gasteiger partial charge < -0.3 is 10.8 Å². The van der Waals surface area contributed by atoms with Gasteiger partial charge >= 0.3 is 0 Å². The lowest BCUT2D eigenvalue weighted by Gasteiger charge is -2.06. The molecule has 19 heavy (non-hydrogen) atoms. The standard InChI is InChI=1S/C10H13N5O3S/c1-15-6-12-10(14-15)5-13-19(17,18)7-2-3-9(16)8(11)4-7/h2-4,6,13,16H,5,11H2,1H3. The fourth-order valence-corrected chi connectivity index (χ4v) is 2.42. The molecule has 1 aromatic heterocycles. The fourth-order valence-electron chi connectivity index (χ4n) is 1.41. The van der Waals surface area contributed by atoms with E-state index in [4.69, 9.17) is 5.73 Å². The first-order valence-electron chi connectivity index (χ1n) is 5.31. The van der Waals surface area contributed by atoms with Gasteiger partial charge in [-0.1, -0.05) is 0 Å². The lowest BCUT2D eigenvalue weighted by atomic mass is 10.3. The van der Waals surface area contributed by atoms with Gasteiger partial charge in [0.25, 0.3) is 0 Å². The van der Waals surface area contributed by atoms with Gasteiger partial charge in [-0.25, -0.2) is 18.1 Å². The Balaban J connectivity index is 2.16. The van der Waals surface area contributed by atoms with E-state index in [1.165, 1.54) is 29.2 Å². The topological polar surface area (TPSA) is 123 Å². The lowest BCUT2D eigenvalue weighted by molar-refractivity contribution is 0.477. The number of sulfonamides is 1. The number of aryl methyl sites for hydroxylation is 1. The van der Waals surface area contributed by atoms with E-state index in [0.717, 1.165) is 0 Å². The summed E-state index contributed by atoms with van der Waals surface area (Å²) in [7, 11) is -2.03. The molecule has 1 heterocycles. The van der Waals surface area contributed by atoms with Crippen molar-refractivity contribution in [3.63, 3.8) is 0 Å². The second-order valence-corrected chi connectivity index (χ2v) is 5.65. The zero-order valence-electron chi connectivity index (χ0n) is 10.1. The Hall–Kier alpha value is -2.13. The number of benzene rings is 1. The highest BCUT2D eigenvalue weighted by atomic mass is 32.2. The third-order valence-electron chi connectivity index (χ3n) is 2.38. The fraction of sp³-hybridized carbons (Fsp3) is 0.200. The van der Waals surface area contributed by atoms with Gasteiger partial charge in [0, 0.05) is 7.05 Å². The van der Waals surface area contributed by atoms with Gasteiger partial charge in [0.05, 0.1) is 17.1 Å². The first-order valence-corrected chi connectivity index (χ1v) is 6.79. The van der Waals surface area contributed by atoms with Crippen molar-refractivity contribution < 1.29 is 13.5 Å². The summed E-state index contributed by atoms with van der Waals surface area (Å²) in [5.41, 5.74) is 5.46. The van der Waals surface area contributed by atoms with Crippen LogP contribution in [-0.4, -0.2) is 28.3 Å². The molecule has 0 aliphatic carbocycles. The van der Waals surface area contributed by atoms with Crippen LogP contribution in [0.5, 0.6) is 5.75 Å². The number of aromatic hydroxyl groups is 1. The summed E-state index contributed by atoms with van der Waals surface area (Å²) in [5, 5.41) is 13.2. The summed E-state index contributed by atoms with van der Waals surface area (Å²) in [6, 6.07) is 3.67. The molecule has 2 rings (SSSR count). The molecule has 0 fully saturated rings. The molecule has 0 saturated heterocycles. The van der Waals surface area contributed by atoms with E-state index in [9.17, 15) is 13.5 Å². The Labute approximate surface area is 109 Å². The Morgan fingerprint density at radius 3 is 2.79 bits per heavy atom. The third-order valence-corrected chi connectivity index (χ3v) is 3.78. The largest absolute Gasteiger partial charge is 0.506 e. The molecule has 8 nitrogen and oxygen atoms in total. The molecular formula is C10H13N5O3S. The van der Waals surface area contributed by atoms with Crippen LogP contribution < -0.4 is 10.5 Å². The monoisotopic (exact) mass is 283 g/mol. The number of aromatic nitrogens is 3. The van der Waals surface area contributed by atoms with Gasteiger partial charge in [-0.15, -0.1) is 0 Å². The van der Waals surface area contributed by atoms with Crippen LogP contribution in [0.1, 0.15) is 5.82 Å². The van der Waals surface area contributed by atoms with E-state index in [0.29, 0.717) is 5.82 Å². The summed E-state index contributed by atoms with van der Waals surface area (Å²) >= 11 is 0. The number of rotatable bonds is 4. The van der Waals surface area contributed by atoms with Crippen LogP contribution in [0.3, 0.4) is 0 Å². The molecule has 0 unspecified atom stereocenters. The van der Waals surface area contributed by atoms with Crippen molar-refractivity contribution in [2.75, 3.05) is 5.73 Å². The number of hydrogen-bond acceptors (Lipinski definition) is 6. The molecule has 0 aliphatic heterocycles. The zero-order chi connectivity index (χ0) is 14.0. The first-order chi connectivity index (χ1) is 8.88. The van der Waals surface area contributed by atoms with Gasteiger partial charge in [0.15, 0.2) is 5.82 Å². The van der Waals surface area contributed by atoms with Gasteiger partial charge in [0.1, 0.15) is 12.1 Å². The van der Waals surface area contributed by atoms with Crippen LogP contribution >= 0.6 is 0 Å². The van der Waals surface area contributed by atoms with Crippen molar-refractivity contribution in [2.45, 2.75) is 11.4 Å². The maximum absolute atomic E-state index is 12.0. The van der Waals surface area contributed by atoms with Crippen LogP contribution in [0, 0.1) is 0 Å². The number of phenols is 1. The lowest BCUT2D eigenvalue weighted by Crippen LogP contribution is -2.24. The highest BCUT2D eigenvalue weighted by Gasteiger charge is 2.16. The molecule has 4 N–H and O–H groups in total. The van der Waals surface area contributed by atoms with Crippen molar-refractivity contribution in [3.8, 4) is 5.75 Å². The van der Waals surface area contributed by atoms with Crippen molar-refractivity contribution in [3.05, 3.63) is 30.4 Å². The van der Waals surface area contributed by atoms with Crippen LogP contribution in [0.4, 0.5) is 5.69 Å². The van der Waals surface area contributed by atoms with Crippen LogP contribution in [0.15, 0.2) is 29.4 Å². The molecule has 0 amide bonds. The van der Waals surface area contributed by atoms with Crippen LogP contribution in [0.25, 0.3) is 0 Å². The Morgan fingerprint density at radius 2 is 2.21 bits per heavy atom. The SMILES string of the molecule is Cn1cnc(CNS(=O)(=O)c2ccc(O)c(N)c2)n1. The van der Waals surface area contributed by atoms with Gasteiger partial charge in [-0.05, 0) is 18.2 Å². The number of nitrogens with one attached hydrogen (secondary N) is 1. The summed E-state index contributed by atoms with van der Waals surface area (Å²) in [4.78, 5) is 3.88. The molecule has 0 radical (unpaired) electrons. The molecule has 102 valence electrons. The number of anilines is 1. The molecule has 0 saturated carbocycles. The highest BCUT2D eigenvalue weighted by molar-refractivity contribution is 7.89. The Morgan fingerprint density at radius 1 is 1.47 bits per heavy atom. The van der Waals surface area contributed by atoms with E-state index in [-0.39, 0.29) is 22.9 Å². The number of hydrogen-bond donors (Lipinski definition) is 3. The molecule has 1 aromatic carbocycles. The smallest absolute Gasteiger partial charge is 0.241 e. The van der Waals surface area contributed by atoms with Crippen molar-refractivity contribution >= 4 is 15.7 Å². The minimum Gasteiger partial charge on any atom is -0.506 e. The van der Waals surface area contributed by atoms with Crippen molar-refractivity contribution in [2.24, 2.45) is 7.05 Å². The summed E-state index contributed by atoms with van der Waals surface area (Å²) in [5.74, 6) is 0.197. The number of phenolic OH excluding ortho intramolecular Hbond substituents is 1. The molecule has 0 bridgehead atoms. The van der Waals surface area contributed by atoms with Crippen molar-refractivity contribution in [1.82, 2.24) is 19.5 Å². The highest BCUT2D eigenvalue weighted by Crippen LogP contribution is 2.22. The average molecular weight is 283 g/mol. The maximum atomic E-state index is 12.0. The van der Waals surface area contributed by atoms with E-state index in [1.54, 1.807) is 7.05 Å². The first kappa shape index (κ1) is 13.3. The number of nitrogen functional groups attached to an aromatic ring is 1. The molecule has 0 aliphatic rings. The molecule has 0 atom stereocenters. The summed E-state index contributed by atoms with van der Waals surface area (Å²) < 4.78 is 27.8. The van der Waals surface area contributed by atoms with Crippen molar-refractivity contribution in [1.29, 1.82) is 0 Å². The minimum atomic E-state index is -3.72. The quantitative estimate of drug-likeness (QED) is 0.517. The number of nitrogens with two attached hydrogens (primary N) is 1. The maximum Gasteiger partial charge on any atom is 0.241 e.